The molecule has 0 spiro atoms. The van der Waals surface area contributed by atoms with Crippen LogP contribution in [0.3, 0.4) is 0 Å². The summed E-state index contributed by atoms with van der Waals surface area (Å²) >= 11 is 11.9. The van der Waals surface area contributed by atoms with Gasteiger partial charge in [-0.25, -0.2) is 0 Å². The molecule has 0 bridgehead atoms. The Labute approximate surface area is 188 Å². The Hall–Kier alpha value is -2.31. The Morgan fingerprint density at radius 1 is 1.17 bits per heavy atom. The first-order valence-corrected chi connectivity index (χ1v) is 11.3. The maximum atomic E-state index is 12.7. The van der Waals surface area contributed by atoms with Gasteiger partial charge in [-0.2, -0.15) is 0 Å². The molecule has 0 unspecified atom stereocenters. The van der Waals surface area contributed by atoms with Gasteiger partial charge in [-0.15, -0.1) is 0 Å². The Bertz CT molecular complexity index is 885. The molecule has 0 aromatic heterocycles. The summed E-state index contributed by atoms with van der Waals surface area (Å²) in [7, 11) is 0. The van der Waals surface area contributed by atoms with Crippen LogP contribution in [-0.2, 0) is 0 Å². The smallest absolute Gasteiger partial charge is 0.257 e. The lowest BCUT2D eigenvalue weighted by molar-refractivity contribution is 0.0977. The number of rotatable bonds is 7. The number of nitrogens with one attached hydrogen (secondary N) is 2. The summed E-state index contributed by atoms with van der Waals surface area (Å²) in [4.78, 5) is 14.9. The molecule has 0 saturated carbocycles. The number of benzene rings is 2. The monoisotopic (exact) mass is 445 g/mol. The SMILES string of the molecule is CCCCOc1cccc(C(=O)NC(=S)Nc2cccc(Cl)c2N2CCCCC2)c1. The molecule has 1 aliphatic rings. The van der Waals surface area contributed by atoms with E-state index < -0.39 is 0 Å². The third-order valence-electron chi connectivity index (χ3n) is 5.00. The average Bonchev–Trinajstić information content (AvgIpc) is 2.75. The van der Waals surface area contributed by atoms with Gasteiger partial charge in [0.2, 0.25) is 0 Å². The number of carbonyl (C=O) groups is 1. The number of piperidine rings is 1. The molecular weight excluding hydrogens is 418 g/mol. The number of unbranched alkanes of at least 4 members (excludes halogenated alkanes) is 1. The highest BCUT2D eigenvalue weighted by Crippen LogP contribution is 2.35. The summed E-state index contributed by atoms with van der Waals surface area (Å²) < 4.78 is 5.69. The molecule has 1 saturated heterocycles. The van der Waals surface area contributed by atoms with E-state index in [0.29, 0.717) is 22.9 Å². The van der Waals surface area contributed by atoms with Crippen molar-refractivity contribution in [2.75, 3.05) is 29.9 Å². The van der Waals surface area contributed by atoms with Gasteiger partial charge in [-0.05, 0) is 68.2 Å². The molecule has 1 fully saturated rings. The van der Waals surface area contributed by atoms with E-state index >= 15 is 0 Å². The number of thiocarbonyl (C=S) groups is 1. The van der Waals surface area contributed by atoms with Crippen LogP contribution >= 0.6 is 23.8 Å². The van der Waals surface area contributed by atoms with Crippen LogP contribution in [0.5, 0.6) is 5.75 Å². The van der Waals surface area contributed by atoms with Crippen molar-refractivity contribution >= 4 is 46.2 Å². The van der Waals surface area contributed by atoms with Crippen LogP contribution in [0.15, 0.2) is 42.5 Å². The van der Waals surface area contributed by atoms with Crippen LogP contribution in [0.25, 0.3) is 0 Å². The number of ether oxygens (including phenoxy) is 1. The number of hydrogen-bond donors (Lipinski definition) is 2. The Balaban J connectivity index is 1.65. The van der Waals surface area contributed by atoms with Gasteiger partial charge >= 0.3 is 0 Å². The molecule has 160 valence electrons. The molecule has 7 heteroatoms. The number of carbonyl (C=O) groups excluding carboxylic acids is 1. The van der Waals surface area contributed by atoms with E-state index in [-0.39, 0.29) is 11.0 Å². The zero-order valence-corrected chi connectivity index (χ0v) is 18.8. The molecule has 2 aromatic rings. The van der Waals surface area contributed by atoms with Gasteiger partial charge in [0.1, 0.15) is 5.75 Å². The van der Waals surface area contributed by atoms with Crippen molar-refractivity contribution in [3.8, 4) is 5.75 Å². The normalized spacial score (nSPS) is 13.6. The molecule has 0 radical (unpaired) electrons. The van der Waals surface area contributed by atoms with E-state index in [1.54, 1.807) is 18.2 Å². The predicted octanol–water partition coefficient (Wildman–Crippen LogP) is 5.64. The average molecular weight is 446 g/mol. The first kappa shape index (κ1) is 22.4. The van der Waals surface area contributed by atoms with E-state index in [2.05, 4.69) is 22.5 Å². The lowest BCUT2D eigenvalue weighted by Crippen LogP contribution is -2.35. The molecule has 3 rings (SSSR count). The fourth-order valence-corrected chi connectivity index (χ4v) is 3.94. The van der Waals surface area contributed by atoms with Crippen LogP contribution in [0.1, 0.15) is 49.4 Å². The molecule has 2 aromatic carbocycles. The lowest BCUT2D eigenvalue weighted by atomic mass is 10.1. The summed E-state index contributed by atoms with van der Waals surface area (Å²) in [5, 5.41) is 6.81. The number of amides is 1. The first-order valence-electron chi connectivity index (χ1n) is 10.5. The number of anilines is 2. The second-order valence-electron chi connectivity index (χ2n) is 7.32. The second kappa shape index (κ2) is 11.2. The maximum Gasteiger partial charge on any atom is 0.257 e. The number of para-hydroxylation sites is 1. The van der Waals surface area contributed by atoms with Crippen LogP contribution < -0.4 is 20.3 Å². The van der Waals surface area contributed by atoms with Crippen molar-refractivity contribution in [1.82, 2.24) is 5.32 Å². The van der Waals surface area contributed by atoms with Gasteiger partial charge in [0, 0.05) is 18.7 Å². The quantitative estimate of drug-likeness (QED) is 0.427. The Kier molecular flexibility index (Phi) is 8.34. The Morgan fingerprint density at radius 3 is 2.70 bits per heavy atom. The molecule has 1 heterocycles. The van der Waals surface area contributed by atoms with E-state index in [1.165, 1.54) is 6.42 Å². The van der Waals surface area contributed by atoms with Gasteiger partial charge in [-0.1, -0.05) is 37.1 Å². The summed E-state index contributed by atoms with van der Waals surface area (Å²) in [6.45, 7) is 4.66. The van der Waals surface area contributed by atoms with E-state index in [0.717, 1.165) is 50.1 Å². The van der Waals surface area contributed by atoms with Gasteiger partial charge in [0.15, 0.2) is 5.11 Å². The minimum absolute atomic E-state index is 0.234. The number of hydrogen-bond acceptors (Lipinski definition) is 4. The first-order chi connectivity index (χ1) is 14.6. The van der Waals surface area contributed by atoms with Crippen LogP contribution in [-0.4, -0.2) is 30.7 Å². The van der Waals surface area contributed by atoms with Gasteiger partial charge in [0.05, 0.1) is 23.0 Å². The second-order valence-corrected chi connectivity index (χ2v) is 8.14. The molecular formula is C23H28ClN3O2S. The van der Waals surface area contributed by atoms with Gasteiger partial charge in [0.25, 0.3) is 5.91 Å². The van der Waals surface area contributed by atoms with E-state index in [1.807, 2.05) is 24.3 Å². The number of nitrogens with zero attached hydrogens (tertiary/aromatic N) is 1. The molecule has 0 atom stereocenters. The maximum absolute atomic E-state index is 12.7. The topological polar surface area (TPSA) is 53.6 Å². The van der Waals surface area contributed by atoms with Crippen LogP contribution in [0.4, 0.5) is 11.4 Å². The zero-order valence-electron chi connectivity index (χ0n) is 17.2. The molecule has 1 amide bonds. The van der Waals surface area contributed by atoms with Crippen LogP contribution in [0, 0.1) is 0 Å². The van der Waals surface area contributed by atoms with Gasteiger partial charge < -0.3 is 15.0 Å². The molecule has 5 nitrogen and oxygen atoms in total. The van der Waals surface area contributed by atoms with E-state index in [9.17, 15) is 4.79 Å². The summed E-state index contributed by atoms with van der Waals surface area (Å²) in [5.74, 6) is 0.396. The largest absolute Gasteiger partial charge is 0.494 e. The minimum atomic E-state index is -0.282. The standard InChI is InChI=1S/C23H28ClN3O2S/c1-2-3-15-29-18-10-7-9-17(16-18)22(28)26-23(30)25-20-12-8-11-19(24)21(20)27-13-5-4-6-14-27/h7-12,16H,2-6,13-15H2,1H3,(H2,25,26,28,30). The summed E-state index contributed by atoms with van der Waals surface area (Å²) in [6.07, 6.45) is 5.55. The van der Waals surface area contributed by atoms with Crippen molar-refractivity contribution in [1.29, 1.82) is 0 Å². The molecule has 30 heavy (non-hydrogen) atoms. The third-order valence-corrected chi connectivity index (χ3v) is 5.51. The highest BCUT2D eigenvalue weighted by atomic mass is 35.5. The molecule has 1 aliphatic heterocycles. The fraction of sp³-hybridized carbons (Fsp3) is 0.391. The molecule has 2 N–H and O–H groups in total. The predicted molar refractivity (Wildman–Crippen MR) is 128 cm³/mol. The van der Waals surface area contributed by atoms with Crippen molar-refractivity contribution in [2.45, 2.75) is 39.0 Å². The van der Waals surface area contributed by atoms with Gasteiger partial charge in [-0.3, -0.25) is 10.1 Å². The lowest BCUT2D eigenvalue weighted by Gasteiger charge is -2.31. The highest BCUT2D eigenvalue weighted by molar-refractivity contribution is 7.80. The third kappa shape index (κ3) is 6.09. The van der Waals surface area contributed by atoms with Crippen molar-refractivity contribution in [3.05, 3.63) is 53.1 Å². The van der Waals surface area contributed by atoms with E-state index in [4.69, 9.17) is 28.6 Å². The van der Waals surface area contributed by atoms with Crippen molar-refractivity contribution in [3.63, 3.8) is 0 Å². The Morgan fingerprint density at radius 2 is 1.93 bits per heavy atom. The minimum Gasteiger partial charge on any atom is -0.494 e. The zero-order chi connectivity index (χ0) is 21.3. The van der Waals surface area contributed by atoms with Crippen molar-refractivity contribution in [2.24, 2.45) is 0 Å². The van der Waals surface area contributed by atoms with Crippen molar-refractivity contribution < 1.29 is 9.53 Å². The number of halogens is 1. The summed E-state index contributed by atoms with van der Waals surface area (Å²) in [6, 6.07) is 12.8. The van der Waals surface area contributed by atoms with Crippen LogP contribution in [0.2, 0.25) is 5.02 Å². The highest BCUT2D eigenvalue weighted by Gasteiger charge is 2.18. The molecule has 0 aliphatic carbocycles. The fourth-order valence-electron chi connectivity index (χ4n) is 3.45. The summed E-state index contributed by atoms with van der Waals surface area (Å²) in [5.41, 5.74) is 2.23.